The number of methoxy groups -OCH3 is 1. The van der Waals surface area contributed by atoms with E-state index in [0.717, 1.165) is 43.9 Å². The monoisotopic (exact) mass is 281 g/mol. The summed E-state index contributed by atoms with van der Waals surface area (Å²) in [5, 5.41) is 10.8. The number of hydrogen-bond donors (Lipinski definition) is 2. The van der Waals surface area contributed by atoms with E-state index < -0.39 is 5.60 Å². The van der Waals surface area contributed by atoms with Crippen LogP contribution in [0.15, 0.2) is 0 Å². The van der Waals surface area contributed by atoms with E-state index in [1.54, 1.807) is 7.11 Å². The number of aromatic amines is 1. The number of ether oxygens (including phenoxy) is 1. The largest absolute Gasteiger partial charge is 0.371 e. The van der Waals surface area contributed by atoms with Crippen molar-refractivity contribution in [1.82, 2.24) is 20.5 Å². The van der Waals surface area contributed by atoms with Crippen LogP contribution in [0.25, 0.3) is 0 Å². The van der Waals surface area contributed by atoms with Crippen molar-refractivity contribution in [2.75, 3.05) is 38.2 Å². The highest BCUT2D eigenvalue weighted by molar-refractivity contribution is 5.30. The zero-order valence-electron chi connectivity index (χ0n) is 13.1. The van der Waals surface area contributed by atoms with Crippen molar-refractivity contribution in [3.8, 4) is 0 Å². The Kier molecular flexibility index (Phi) is 4.99. The highest BCUT2D eigenvalue weighted by Gasteiger charge is 2.27. The summed E-state index contributed by atoms with van der Waals surface area (Å²) in [6, 6.07) is 0. The van der Waals surface area contributed by atoms with Crippen molar-refractivity contribution < 1.29 is 4.74 Å². The van der Waals surface area contributed by atoms with Gasteiger partial charge in [0.2, 0.25) is 5.95 Å². The molecule has 2 heterocycles. The van der Waals surface area contributed by atoms with E-state index in [0.29, 0.717) is 0 Å². The summed E-state index contributed by atoms with van der Waals surface area (Å²) >= 11 is 0. The molecule has 0 unspecified atom stereocenters. The van der Waals surface area contributed by atoms with Crippen molar-refractivity contribution >= 4 is 5.95 Å². The summed E-state index contributed by atoms with van der Waals surface area (Å²) in [4.78, 5) is 6.84. The van der Waals surface area contributed by atoms with Gasteiger partial charge in [0.15, 0.2) is 5.82 Å². The Hall–Kier alpha value is -1.14. The second kappa shape index (κ2) is 6.54. The van der Waals surface area contributed by atoms with Crippen LogP contribution in [0.4, 0.5) is 5.95 Å². The van der Waals surface area contributed by atoms with Crippen LogP contribution in [0, 0.1) is 5.92 Å². The molecule has 2 rings (SSSR count). The summed E-state index contributed by atoms with van der Waals surface area (Å²) < 4.78 is 5.43. The number of aromatic nitrogens is 3. The second-order valence-corrected chi connectivity index (χ2v) is 5.94. The normalized spacial score (nSPS) is 17.7. The number of hydrogen-bond acceptors (Lipinski definition) is 5. The zero-order valence-corrected chi connectivity index (χ0v) is 13.1. The van der Waals surface area contributed by atoms with Gasteiger partial charge in [0.25, 0.3) is 0 Å². The quantitative estimate of drug-likeness (QED) is 0.827. The van der Waals surface area contributed by atoms with Crippen LogP contribution in [-0.4, -0.2) is 48.5 Å². The fourth-order valence-corrected chi connectivity index (χ4v) is 2.45. The smallest absolute Gasteiger partial charge is 0.244 e. The fraction of sp³-hybridized carbons (Fsp3) is 0.857. The molecule has 0 aliphatic carbocycles. The second-order valence-electron chi connectivity index (χ2n) is 5.94. The third kappa shape index (κ3) is 3.49. The maximum absolute atomic E-state index is 5.43. The lowest BCUT2D eigenvalue weighted by Gasteiger charge is -2.31. The molecule has 6 heteroatoms. The highest BCUT2D eigenvalue weighted by Crippen LogP contribution is 2.24. The molecule has 0 saturated carbocycles. The maximum atomic E-state index is 5.43. The van der Waals surface area contributed by atoms with Crippen molar-refractivity contribution in [3.05, 3.63) is 5.82 Å². The first-order valence-corrected chi connectivity index (χ1v) is 7.50. The number of rotatable bonds is 6. The van der Waals surface area contributed by atoms with Gasteiger partial charge in [-0.05, 0) is 45.7 Å². The van der Waals surface area contributed by atoms with E-state index in [4.69, 9.17) is 4.74 Å². The van der Waals surface area contributed by atoms with Crippen LogP contribution in [-0.2, 0) is 10.3 Å². The molecule has 1 aliphatic rings. The van der Waals surface area contributed by atoms with Crippen LogP contribution >= 0.6 is 0 Å². The van der Waals surface area contributed by atoms with Gasteiger partial charge in [0.05, 0.1) is 0 Å². The fourth-order valence-electron chi connectivity index (χ4n) is 2.45. The van der Waals surface area contributed by atoms with E-state index in [1.807, 2.05) is 13.8 Å². The van der Waals surface area contributed by atoms with E-state index >= 15 is 0 Å². The van der Waals surface area contributed by atoms with Crippen LogP contribution in [0.3, 0.4) is 0 Å². The minimum absolute atomic E-state index is 0.422. The van der Waals surface area contributed by atoms with E-state index in [2.05, 4.69) is 32.3 Å². The Morgan fingerprint density at radius 3 is 2.70 bits per heavy atom. The zero-order chi connectivity index (χ0) is 14.6. The van der Waals surface area contributed by atoms with Crippen LogP contribution in [0.1, 0.15) is 39.4 Å². The predicted molar refractivity (Wildman–Crippen MR) is 79.9 cm³/mol. The molecular formula is C14H27N5O. The van der Waals surface area contributed by atoms with Crippen molar-refractivity contribution in [3.63, 3.8) is 0 Å². The van der Waals surface area contributed by atoms with E-state index in [-0.39, 0.29) is 0 Å². The van der Waals surface area contributed by atoms with Gasteiger partial charge in [-0.2, -0.15) is 4.98 Å². The van der Waals surface area contributed by atoms with Crippen molar-refractivity contribution in [2.45, 2.75) is 39.2 Å². The van der Waals surface area contributed by atoms with E-state index in [1.165, 1.54) is 12.8 Å². The molecule has 0 atom stereocenters. The maximum Gasteiger partial charge on any atom is 0.244 e. The van der Waals surface area contributed by atoms with Gasteiger partial charge in [0, 0.05) is 20.2 Å². The molecule has 1 saturated heterocycles. The molecule has 0 spiro atoms. The molecule has 0 bridgehead atoms. The third-order valence-electron chi connectivity index (χ3n) is 4.13. The number of nitrogens with zero attached hydrogens (tertiary/aromatic N) is 3. The van der Waals surface area contributed by atoms with Crippen LogP contribution < -0.4 is 10.2 Å². The molecule has 6 nitrogen and oxygen atoms in total. The molecule has 114 valence electrons. The van der Waals surface area contributed by atoms with Gasteiger partial charge in [-0.3, -0.25) is 5.10 Å². The SMILES string of the molecule is CCNCC1CCN(c2n[nH]c(C(C)(C)OC)n2)CC1. The summed E-state index contributed by atoms with van der Waals surface area (Å²) in [5.41, 5.74) is -0.422. The summed E-state index contributed by atoms with van der Waals surface area (Å²) in [5.74, 6) is 2.36. The minimum atomic E-state index is -0.422. The van der Waals surface area contributed by atoms with Gasteiger partial charge >= 0.3 is 0 Å². The molecule has 1 fully saturated rings. The van der Waals surface area contributed by atoms with Gasteiger partial charge in [-0.15, -0.1) is 5.10 Å². The average molecular weight is 281 g/mol. The van der Waals surface area contributed by atoms with Gasteiger partial charge in [-0.1, -0.05) is 6.92 Å². The summed E-state index contributed by atoms with van der Waals surface area (Å²) in [6.07, 6.45) is 2.40. The van der Waals surface area contributed by atoms with E-state index in [9.17, 15) is 0 Å². The van der Waals surface area contributed by atoms with Crippen LogP contribution in [0.2, 0.25) is 0 Å². The third-order valence-corrected chi connectivity index (χ3v) is 4.13. The molecule has 20 heavy (non-hydrogen) atoms. The number of nitrogens with one attached hydrogen (secondary N) is 2. The molecule has 0 radical (unpaired) electrons. The lowest BCUT2D eigenvalue weighted by molar-refractivity contribution is 0.0118. The molecule has 1 aromatic rings. The predicted octanol–water partition coefficient (Wildman–Crippen LogP) is 1.51. The van der Waals surface area contributed by atoms with Gasteiger partial charge in [0.1, 0.15) is 5.60 Å². The lowest BCUT2D eigenvalue weighted by atomic mass is 9.97. The molecule has 2 N–H and O–H groups in total. The molecule has 1 aliphatic heterocycles. The molecule has 1 aromatic heterocycles. The van der Waals surface area contributed by atoms with Crippen molar-refractivity contribution in [2.24, 2.45) is 5.92 Å². The van der Waals surface area contributed by atoms with Crippen molar-refractivity contribution in [1.29, 1.82) is 0 Å². The van der Waals surface area contributed by atoms with Crippen LogP contribution in [0.5, 0.6) is 0 Å². The molecule has 0 aromatic carbocycles. The topological polar surface area (TPSA) is 66.1 Å². The number of anilines is 1. The van der Waals surface area contributed by atoms with Gasteiger partial charge < -0.3 is 15.0 Å². The Labute approximate surface area is 121 Å². The Morgan fingerprint density at radius 1 is 1.40 bits per heavy atom. The number of H-pyrrole nitrogens is 1. The first-order chi connectivity index (χ1) is 9.56. The summed E-state index contributed by atoms with van der Waals surface area (Å²) in [6.45, 7) is 10.4. The molecule has 0 amide bonds. The average Bonchev–Trinajstić information content (AvgIpc) is 2.96. The summed E-state index contributed by atoms with van der Waals surface area (Å²) in [7, 11) is 1.69. The lowest BCUT2D eigenvalue weighted by Crippen LogP contribution is -2.37. The van der Waals surface area contributed by atoms with Gasteiger partial charge in [-0.25, -0.2) is 0 Å². The Balaban J connectivity index is 1.91. The first-order valence-electron chi connectivity index (χ1n) is 7.50. The molecular weight excluding hydrogens is 254 g/mol. The minimum Gasteiger partial charge on any atom is -0.371 e. The Morgan fingerprint density at radius 2 is 2.10 bits per heavy atom. The number of piperidine rings is 1. The standard InChI is InChI=1S/C14H27N5O/c1-5-15-10-11-6-8-19(9-7-11)13-16-12(17-18-13)14(2,3)20-4/h11,15H,5-10H2,1-4H3,(H,16,17,18). The Bertz CT molecular complexity index is 409. The first kappa shape index (κ1) is 15.3. The highest BCUT2D eigenvalue weighted by atomic mass is 16.5.